The zero-order chi connectivity index (χ0) is 13.8. The zero-order valence-electron chi connectivity index (χ0n) is 11.0. The highest BCUT2D eigenvalue weighted by molar-refractivity contribution is 5.84. The summed E-state index contributed by atoms with van der Waals surface area (Å²) in [6.45, 7) is 4.18. The number of aromatic amines is 1. The molecule has 0 aliphatic carbocycles. The highest BCUT2D eigenvalue weighted by Crippen LogP contribution is 2.17. The zero-order valence-corrected chi connectivity index (χ0v) is 11.0. The van der Waals surface area contributed by atoms with Crippen molar-refractivity contribution < 1.29 is 9.53 Å². The lowest BCUT2D eigenvalue weighted by molar-refractivity contribution is -0.144. The van der Waals surface area contributed by atoms with E-state index in [0.717, 1.165) is 12.1 Å². The minimum atomic E-state index is -1.47. The number of nitrogens with one attached hydrogen (secondary N) is 1. The summed E-state index contributed by atoms with van der Waals surface area (Å²) in [5.74, 6) is 2.61. The van der Waals surface area contributed by atoms with Gasteiger partial charge >= 0.3 is 5.97 Å². The fourth-order valence-electron chi connectivity index (χ4n) is 1.57. The minimum Gasteiger partial charge on any atom is -0.467 e. The number of ether oxygens (including phenoxy) is 1. The average Bonchev–Trinajstić information content (AvgIpc) is 2.84. The Morgan fingerprint density at radius 2 is 2.44 bits per heavy atom. The Balaban J connectivity index is 2.87. The predicted octanol–water partition coefficient (Wildman–Crippen LogP) is 0.969. The van der Waals surface area contributed by atoms with Gasteiger partial charge in [-0.25, -0.2) is 9.78 Å². The molecule has 0 radical (unpaired) electrons. The second kappa shape index (κ2) is 5.69. The number of methoxy groups -OCH3 is 1. The van der Waals surface area contributed by atoms with Crippen LogP contribution in [0.4, 0.5) is 0 Å². The van der Waals surface area contributed by atoms with Gasteiger partial charge in [-0.2, -0.15) is 0 Å². The largest absolute Gasteiger partial charge is 0.467 e. The number of esters is 1. The van der Waals surface area contributed by atoms with E-state index in [4.69, 9.17) is 12.2 Å². The molecule has 3 N–H and O–H groups in total. The lowest BCUT2D eigenvalue weighted by Gasteiger charge is -2.18. The van der Waals surface area contributed by atoms with Crippen molar-refractivity contribution in [2.75, 3.05) is 7.11 Å². The SMILES string of the molecule is C#CC(N)(Cc1ncc(C(C)CC)[nH]1)C(=O)OC. The van der Waals surface area contributed by atoms with Crippen LogP contribution in [-0.4, -0.2) is 28.6 Å². The van der Waals surface area contributed by atoms with Crippen LogP contribution in [0.3, 0.4) is 0 Å². The van der Waals surface area contributed by atoms with Gasteiger partial charge in [-0.1, -0.05) is 19.8 Å². The van der Waals surface area contributed by atoms with Gasteiger partial charge < -0.3 is 15.5 Å². The molecule has 18 heavy (non-hydrogen) atoms. The number of carbonyl (C=O) groups excluding carboxylic acids is 1. The number of carbonyl (C=O) groups is 1. The average molecular weight is 249 g/mol. The van der Waals surface area contributed by atoms with Gasteiger partial charge in [-0.3, -0.25) is 0 Å². The van der Waals surface area contributed by atoms with Crippen molar-refractivity contribution >= 4 is 5.97 Å². The maximum Gasteiger partial charge on any atom is 0.338 e. The van der Waals surface area contributed by atoms with Crippen molar-refractivity contribution in [3.05, 3.63) is 17.7 Å². The van der Waals surface area contributed by atoms with Gasteiger partial charge in [0.05, 0.1) is 7.11 Å². The van der Waals surface area contributed by atoms with E-state index in [1.165, 1.54) is 7.11 Å². The number of imidazole rings is 1. The number of rotatable bonds is 5. The Labute approximate surface area is 107 Å². The molecule has 1 aromatic heterocycles. The van der Waals surface area contributed by atoms with Crippen molar-refractivity contribution in [2.24, 2.45) is 5.73 Å². The molecule has 5 heteroatoms. The number of aromatic nitrogens is 2. The summed E-state index contributed by atoms with van der Waals surface area (Å²) in [5.41, 5.74) is 5.37. The molecule has 5 nitrogen and oxygen atoms in total. The van der Waals surface area contributed by atoms with Crippen molar-refractivity contribution in [1.29, 1.82) is 0 Å². The lowest BCUT2D eigenvalue weighted by atomic mass is 9.97. The van der Waals surface area contributed by atoms with E-state index < -0.39 is 11.5 Å². The van der Waals surface area contributed by atoms with Crippen LogP contribution in [0.25, 0.3) is 0 Å². The maximum atomic E-state index is 11.5. The maximum absolute atomic E-state index is 11.5. The van der Waals surface area contributed by atoms with E-state index in [2.05, 4.69) is 34.5 Å². The third-order valence-corrected chi connectivity index (χ3v) is 3.04. The molecule has 0 aromatic carbocycles. The first-order valence-electron chi connectivity index (χ1n) is 5.85. The van der Waals surface area contributed by atoms with Crippen LogP contribution < -0.4 is 5.73 Å². The Kier molecular flexibility index (Phi) is 4.51. The summed E-state index contributed by atoms with van der Waals surface area (Å²) in [4.78, 5) is 18.9. The molecule has 0 aliphatic rings. The number of nitrogens with two attached hydrogens (primary N) is 1. The van der Waals surface area contributed by atoms with Crippen LogP contribution in [-0.2, 0) is 16.0 Å². The van der Waals surface area contributed by atoms with E-state index >= 15 is 0 Å². The Morgan fingerprint density at radius 1 is 1.78 bits per heavy atom. The van der Waals surface area contributed by atoms with Crippen LogP contribution in [0, 0.1) is 12.3 Å². The van der Waals surface area contributed by atoms with Crippen molar-refractivity contribution in [1.82, 2.24) is 9.97 Å². The molecule has 2 unspecified atom stereocenters. The van der Waals surface area contributed by atoms with Crippen LogP contribution in [0.5, 0.6) is 0 Å². The molecular formula is C13H19N3O2. The first-order chi connectivity index (χ1) is 8.46. The van der Waals surface area contributed by atoms with Crippen LogP contribution >= 0.6 is 0 Å². The highest BCUT2D eigenvalue weighted by Gasteiger charge is 2.34. The van der Waals surface area contributed by atoms with E-state index in [1.54, 1.807) is 6.20 Å². The molecule has 1 heterocycles. The molecule has 2 atom stereocenters. The topological polar surface area (TPSA) is 81.0 Å². The third-order valence-electron chi connectivity index (χ3n) is 3.04. The number of hydrogen-bond acceptors (Lipinski definition) is 4. The van der Waals surface area contributed by atoms with Gasteiger partial charge in [0.2, 0.25) is 0 Å². The molecule has 0 aliphatic heterocycles. The predicted molar refractivity (Wildman–Crippen MR) is 68.8 cm³/mol. The van der Waals surface area contributed by atoms with Gasteiger partial charge in [0.15, 0.2) is 5.54 Å². The van der Waals surface area contributed by atoms with Gasteiger partial charge in [0.1, 0.15) is 5.82 Å². The normalized spacial score (nSPS) is 15.5. The first kappa shape index (κ1) is 14.3. The monoisotopic (exact) mass is 249 g/mol. The van der Waals surface area contributed by atoms with Gasteiger partial charge in [0, 0.05) is 18.3 Å². The van der Waals surface area contributed by atoms with E-state index in [0.29, 0.717) is 11.7 Å². The number of nitrogens with zero attached hydrogens (tertiary/aromatic N) is 1. The molecular weight excluding hydrogens is 230 g/mol. The lowest BCUT2D eigenvalue weighted by Crippen LogP contribution is -2.49. The Morgan fingerprint density at radius 3 is 2.94 bits per heavy atom. The molecule has 0 amide bonds. The second-order valence-corrected chi connectivity index (χ2v) is 4.38. The summed E-state index contributed by atoms with van der Waals surface area (Å²) >= 11 is 0. The first-order valence-corrected chi connectivity index (χ1v) is 5.85. The van der Waals surface area contributed by atoms with Crippen molar-refractivity contribution in [3.8, 4) is 12.3 Å². The molecule has 0 spiro atoms. The van der Waals surface area contributed by atoms with E-state index in [-0.39, 0.29) is 6.42 Å². The molecule has 1 aromatic rings. The van der Waals surface area contributed by atoms with Crippen LogP contribution in [0.2, 0.25) is 0 Å². The van der Waals surface area contributed by atoms with Gasteiger partial charge in [-0.05, 0) is 12.3 Å². The van der Waals surface area contributed by atoms with Crippen LogP contribution in [0.1, 0.15) is 37.7 Å². The van der Waals surface area contributed by atoms with Crippen LogP contribution in [0.15, 0.2) is 6.20 Å². The van der Waals surface area contributed by atoms with E-state index in [1.807, 2.05) is 0 Å². The fourth-order valence-corrected chi connectivity index (χ4v) is 1.57. The molecule has 0 bridgehead atoms. The summed E-state index contributed by atoms with van der Waals surface area (Å²) in [7, 11) is 1.26. The number of hydrogen-bond donors (Lipinski definition) is 2. The fraction of sp³-hybridized carbons (Fsp3) is 0.538. The van der Waals surface area contributed by atoms with E-state index in [9.17, 15) is 4.79 Å². The minimum absolute atomic E-state index is 0.132. The number of H-pyrrole nitrogens is 1. The highest BCUT2D eigenvalue weighted by atomic mass is 16.5. The molecule has 0 saturated heterocycles. The molecule has 1 rings (SSSR count). The molecule has 0 fully saturated rings. The summed E-state index contributed by atoms with van der Waals surface area (Å²) in [6.07, 6.45) is 8.19. The smallest absolute Gasteiger partial charge is 0.338 e. The Hall–Kier alpha value is -1.80. The Bertz CT molecular complexity index is 461. The standard InChI is InChI=1S/C13H19N3O2/c1-5-9(3)10-8-15-11(16-10)7-13(14,6-2)12(17)18-4/h2,8-9H,5,7,14H2,1,3-4H3,(H,15,16). The molecule has 0 saturated carbocycles. The molecule has 98 valence electrons. The third kappa shape index (κ3) is 2.90. The van der Waals surface area contributed by atoms with Gasteiger partial charge in [0.25, 0.3) is 0 Å². The summed E-state index contributed by atoms with van der Waals surface area (Å²) in [5, 5.41) is 0. The second-order valence-electron chi connectivity index (χ2n) is 4.38. The number of terminal acetylenes is 1. The summed E-state index contributed by atoms with van der Waals surface area (Å²) < 4.78 is 4.61. The quantitative estimate of drug-likeness (QED) is 0.602. The van der Waals surface area contributed by atoms with Crippen molar-refractivity contribution in [2.45, 2.75) is 38.1 Å². The van der Waals surface area contributed by atoms with Gasteiger partial charge in [-0.15, -0.1) is 6.42 Å². The summed E-state index contributed by atoms with van der Waals surface area (Å²) in [6, 6.07) is 0. The van der Waals surface area contributed by atoms with Crippen molar-refractivity contribution in [3.63, 3.8) is 0 Å².